The fraction of sp³-hybridized carbons (Fsp3) is 0.0800. The Labute approximate surface area is 194 Å². The summed E-state index contributed by atoms with van der Waals surface area (Å²) < 4.78 is 0.799. The van der Waals surface area contributed by atoms with Crippen molar-refractivity contribution in [3.8, 4) is 0 Å². The van der Waals surface area contributed by atoms with Crippen molar-refractivity contribution in [1.29, 1.82) is 0 Å². The molecule has 0 fully saturated rings. The van der Waals surface area contributed by atoms with E-state index in [2.05, 4.69) is 26.6 Å². The second kappa shape index (κ2) is 11.1. The summed E-state index contributed by atoms with van der Waals surface area (Å²) in [5, 5.41) is 14.8. The van der Waals surface area contributed by atoms with Gasteiger partial charge in [-0.25, -0.2) is 4.79 Å². The molecule has 0 spiro atoms. The summed E-state index contributed by atoms with van der Waals surface area (Å²) in [6.45, 7) is 0. The maximum absolute atomic E-state index is 13.0. The van der Waals surface area contributed by atoms with Gasteiger partial charge in [-0.1, -0.05) is 76.6 Å². The average molecular weight is 493 g/mol. The van der Waals surface area contributed by atoms with E-state index < -0.39 is 23.8 Å². The molecule has 0 radical (unpaired) electrons. The minimum Gasteiger partial charge on any atom is -0.480 e. The van der Waals surface area contributed by atoms with Crippen molar-refractivity contribution >= 4 is 39.8 Å². The molecule has 32 heavy (non-hydrogen) atoms. The minimum absolute atomic E-state index is 0.0590. The Morgan fingerprint density at radius 1 is 0.906 bits per heavy atom. The Morgan fingerprint density at radius 3 is 2.19 bits per heavy atom. The molecule has 2 amide bonds. The van der Waals surface area contributed by atoms with E-state index in [1.165, 1.54) is 6.08 Å². The number of carbonyl (C=O) groups excluding carboxylic acids is 2. The zero-order chi connectivity index (χ0) is 22.9. The maximum Gasteiger partial charge on any atom is 0.326 e. The van der Waals surface area contributed by atoms with Gasteiger partial charge in [-0.2, -0.15) is 0 Å². The fourth-order valence-electron chi connectivity index (χ4n) is 2.99. The third-order valence-corrected chi connectivity index (χ3v) is 5.07. The fourth-order valence-corrected chi connectivity index (χ4v) is 3.41. The van der Waals surface area contributed by atoms with Crippen LogP contribution in [0.25, 0.3) is 6.08 Å². The van der Waals surface area contributed by atoms with Crippen molar-refractivity contribution in [3.05, 3.63) is 112 Å². The van der Waals surface area contributed by atoms with E-state index in [9.17, 15) is 19.5 Å². The van der Waals surface area contributed by atoms with Gasteiger partial charge in [0.05, 0.1) is 0 Å². The summed E-state index contributed by atoms with van der Waals surface area (Å²) in [5.41, 5.74) is 1.75. The smallest absolute Gasteiger partial charge is 0.326 e. The van der Waals surface area contributed by atoms with Crippen LogP contribution in [0.15, 0.2) is 95.1 Å². The van der Waals surface area contributed by atoms with Crippen LogP contribution in [0, 0.1) is 0 Å². The molecule has 0 aliphatic rings. The van der Waals surface area contributed by atoms with Crippen molar-refractivity contribution < 1.29 is 19.5 Å². The van der Waals surface area contributed by atoms with Crippen LogP contribution >= 0.6 is 15.9 Å². The number of hydrogen-bond donors (Lipinski definition) is 3. The largest absolute Gasteiger partial charge is 0.480 e. The van der Waals surface area contributed by atoms with Gasteiger partial charge in [0.25, 0.3) is 11.8 Å². The molecular weight excluding hydrogens is 472 g/mol. The molecule has 3 rings (SSSR count). The van der Waals surface area contributed by atoms with E-state index in [-0.39, 0.29) is 12.1 Å². The summed E-state index contributed by atoms with van der Waals surface area (Å²) in [4.78, 5) is 37.5. The molecule has 7 heteroatoms. The number of carboxylic acids is 1. The zero-order valence-electron chi connectivity index (χ0n) is 17.0. The van der Waals surface area contributed by atoms with E-state index in [0.29, 0.717) is 11.1 Å². The van der Waals surface area contributed by atoms with Gasteiger partial charge in [0.15, 0.2) is 0 Å². The van der Waals surface area contributed by atoms with Gasteiger partial charge in [-0.05, 0) is 41.5 Å². The summed E-state index contributed by atoms with van der Waals surface area (Å²) in [5.74, 6) is -2.34. The third-order valence-electron chi connectivity index (χ3n) is 4.57. The summed E-state index contributed by atoms with van der Waals surface area (Å²) in [7, 11) is 0. The molecule has 3 aromatic rings. The molecular formula is C25H21BrN2O4. The molecule has 0 aliphatic carbocycles. The Bertz CT molecular complexity index is 1130. The monoisotopic (exact) mass is 492 g/mol. The second-order valence-electron chi connectivity index (χ2n) is 6.99. The molecule has 0 bridgehead atoms. The maximum atomic E-state index is 13.0. The van der Waals surface area contributed by atoms with Crippen molar-refractivity contribution in [2.24, 2.45) is 0 Å². The van der Waals surface area contributed by atoms with Crippen LogP contribution in [0.3, 0.4) is 0 Å². The standard InChI is InChI=1S/C25H21BrN2O4/c26-20-13-7-10-18(14-20)16-21(27-23(29)19-11-5-2-6-12-19)24(30)28-22(25(31)32)15-17-8-3-1-4-9-17/h1-14,16,22H,15H2,(H,27,29)(H,28,30)(H,31,32)/b21-16-/t22-/m0/s1. The molecule has 3 aromatic carbocycles. The van der Waals surface area contributed by atoms with E-state index in [1.54, 1.807) is 72.8 Å². The van der Waals surface area contributed by atoms with Gasteiger partial charge in [0.1, 0.15) is 11.7 Å². The molecule has 0 unspecified atom stereocenters. The molecule has 1 atom stereocenters. The van der Waals surface area contributed by atoms with Crippen LogP contribution in [0.4, 0.5) is 0 Å². The Morgan fingerprint density at radius 2 is 1.56 bits per heavy atom. The number of halogens is 1. The van der Waals surface area contributed by atoms with Crippen LogP contribution in [-0.2, 0) is 16.0 Å². The van der Waals surface area contributed by atoms with Crippen LogP contribution < -0.4 is 10.6 Å². The van der Waals surface area contributed by atoms with Crippen molar-refractivity contribution in [2.45, 2.75) is 12.5 Å². The highest BCUT2D eigenvalue weighted by molar-refractivity contribution is 9.10. The lowest BCUT2D eigenvalue weighted by atomic mass is 10.1. The summed E-state index contributed by atoms with van der Waals surface area (Å²) >= 11 is 3.38. The minimum atomic E-state index is -1.17. The van der Waals surface area contributed by atoms with Gasteiger partial charge in [0, 0.05) is 16.5 Å². The number of carbonyl (C=O) groups is 3. The van der Waals surface area contributed by atoms with Gasteiger partial charge in [-0.3, -0.25) is 9.59 Å². The predicted molar refractivity (Wildman–Crippen MR) is 126 cm³/mol. The number of rotatable bonds is 8. The lowest BCUT2D eigenvalue weighted by Gasteiger charge is -2.17. The Hall–Kier alpha value is -3.71. The van der Waals surface area contributed by atoms with E-state index in [0.717, 1.165) is 10.0 Å². The number of amides is 2. The highest BCUT2D eigenvalue weighted by Gasteiger charge is 2.23. The molecule has 6 nitrogen and oxygen atoms in total. The molecule has 0 aliphatic heterocycles. The van der Waals surface area contributed by atoms with E-state index in [4.69, 9.17) is 0 Å². The zero-order valence-corrected chi connectivity index (χ0v) is 18.6. The first-order chi connectivity index (χ1) is 15.4. The molecule has 0 heterocycles. The summed E-state index contributed by atoms with van der Waals surface area (Å²) in [6, 6.07) is 23.5. The van der Waals surface area contributed by atoms with Crippen LogP contribution in [0.1, 0.15) is 21.5 Å². The SMILES string of the molecule is O=C(N[C@@H](Cc1ccccc1)C(=O)O)/C(=C/c1cccc(Br)c1)NC(=O)c1ccccc1. The second-order valence-corrected chi connectivity index (χ2v) is 7.90. The Kier molecular flexibility index (Phi) is 7.94. The van der Waals surface area contributed by atoms with E-state index >= 15 is 0 Å². The first-order valence-corrected chi connectivity index (χ1v) is 10.6. The van der Waals surface area contributed by atoms with Gasteiger partial charge < -0.3 is 15.7 Å². The lowest BCUT2D eigenvalue weighted by molar-refractivity contribution is -0.141. The normalized spacial score (nSPS) is 12.0. The predicted octanol–water partition coefficient (Wildman–Crippen LogP) is 4.03. The van der Waals surface area contributed by atoms with Crippen LogP contribution in [0.2, 0.25) is 0 Å². The Balaban J connectivity index is 1.86. The molecule has 0 saturated carbocycles. The van der Waals surface area contributed by atoms with Crippen molar-refractivity contribution in [3.63, 3.8) is 0 Å². The first-order valence-electron chi connectivity index (χ1n) is 9.83. The molecule has 162 valence electrons. The number of aliphatic carboxylic acids is 1. The topological polar surface area (TPSA) is 95.5 Å². The van der Waals surface area contributed by atoms with E-state index in [1.807, 2.05) is 12.1 Å². The number of nitrogens with one attached hydrogen (secondary N) is 2. The summed E-state index contributed by atoms with van der Waals surface area (Å²) in [6.07, 6.45) is 1.61. The first kappa shape index (κ1) is 23.0. The molecule has 0 saturated heterocycles. The number of benzene rings is 3. The average Bonchev–Trinajstić information content (AvgIpc) is 2.79. The third kappa shape index (κ3) is 6.65. The van der Waals surface area contributed by atoms with Gasteiger partial charge in [0.2, 0.25) is 0 Å². The quantitative estimate of drug-likeness (QED) is 0.413. The number of carboxylic acid groups (broad SMARTS) is 1. The van der Waals surface area contributed by atoms with Crippen molar-refractivity contribution in [1.82, 2.24) is 10.6 Å². The highest BCUT2D eigenvalue weighted by atomic mass is 79.9. The molecule has 3 N–H and O–H groups in total. The van der Waals surface area contributed by atoms with Crippen molar-refractivity contribution in [2.75, 3.05) is 0 Å². The van der Waals surface area contributed by atoms with Crippen LogP contribution in [0.5, 0.6) is 0 Å². The lowest BCUT2D eigenvalue weighted by Crippen LogP contribution is -2.45. The molecule has 0 aromatic heterocycles. The van der Waals surface area contributed by atoms with Gasteiger partial charge >= 0.3 is 5.97 Å². The number of hydrogen-bond acceptors (Lipinski definition) is 3. The highest BCUT2D eigenvalue weighted by Crippen LogP contribution is 2.15. The van der Waals surface area contributed by atoms with Crippen LogP contribution in [-0.4, -0.2) is 28.9 Å². The van der Waals surface area contributed by atoms with Gasteiger partial charge in [-0.15, -0.1) is 0 Å².